The lowest BCUT2D eigenvalue weighted by Gasteiger charge is -2.06. The summed E-state index contributed by atoms with van der Waals surface area (Å²) in [6.07, 6.45) is 0.980. The summed E-state index contributed by atoms with van der Waals surface area (Å²) in [7, 11) is 0. The number of carboxylic acids is 1. The van der Waals surface area contributed by atoms with Crippen molar-refractivity contribution in [2.45, 2.75) is 19.8 Å². The van der Waals surface area contributed by atoms with Crippen molar-refractivity contribution in [2.24, 2.45) is 0 Å². The lowest BCUT2D eigenvalue weighted by Crippen LogP contribution is -2.06. The first-order valence-corrected chi connectivity index (χ1v) is 8.25. The third-order valence-corrected chi connectivity index (χ3v) is 4.21. The van der Waals surface area contributed by atoms with Crippen LogP contribution in [0.1, 0.15) is 39.3 Å². The molecular weight excluding hydrogens is 337 g/mol. The van der Waals surface area contributed by atoms with E-state index in [1.54, 1.807) is 19.1 Å². The molecule has 2 N–H and O–H groups in total. The predicted octanol–water partition coefficient (Wildman–Crippen LogP) is 4.65. The van der Waals surface area contributed by atoms with Gasteiger partial charge in [0.1, 0.15) is 11.4 Å². The lowest BCUT2D eigenvalue weighted by atomic mass is 10.1. The number of carbonyl (C=O) groups excluding carboxylic acids is 1. The molecule has 6 heteroatoms. The molecule has 0 spiro atoms. The molecule has 134 valence electrons. The van der Waals surface area contributed by atoms with E-state index in [0.717, 1.165) is 11.1 Å². The second-order valence-corrected chi connectivity index (χ2v) is 6.03. The third kappa shape index (κ3) is 3.74. The molecule has 0 aliphatic carbocycles. The number of benzene rings is 2. The molecule has 0 saturated heterocycles. The number of aryl methyl sites for hydroxylation is 1. The molecule has 0 aliphatic rings. The average Bonchev–Trinajstić information content (AvgIpc) is 2.96. The molecule has 26 heavy (non-hydrogen) atoms. The number of carbonyl (C=O) groups is 2. The summed E-state index contributed by atoms with van der Waals surface area (Å²) < 4.78 is 18.2. The van der Waals surface area contributed by atoms with Crippen molar-refractivity contribution in [1.82, 2.24) is 0 Å². The fourth-order valence-corrected chi connectivity index (χ4v) is 2.80. The van der Waals surface area contributed by atoms with Crippen molar-refractivity contribution in [1.29, 1.82) is 0 Å². The zero-order valence-corrected chi connectivity index (χ0v) is 14.2. The lowest BCUT2D eigenvalue weighted by molar-refractivity contribution is 0.0663. The molecule has 1 aromatic heterocycles. The van der Waals surface area contributed by atoms with Crippen LogP contribution in [0.2, 0.25) is 0 Å². The Morgan fingerprint density at radius 1 is 1.15 bits per heavy atom. The smallest absolute Gasteiger partial charge is 0.372 e. The van der Waals surface area contributed by atoms with Crippen molar-refractivity contribution in [3.05, 3.63) is 65.2 Å². The number of nitrogens with one attached hydrogen (secondary N) is 1. The Labute approximate surface area is 149 Å². The van der Waals surface area contributed by atoms with Crippen LogP contribution in [-0.2, 0) is 0 Å². The summed E-state index contributed by atoms with van der Waals surface area (Å²) in [4.78, 5) is 23.2. The molecule has 0 aliphatic heterocycles. The second-order valence-electron chi connectivity index (χ2n) is 6.03. The number of fused-ring (bicyclic) bond motifs is 1. The molecule has 0 radical (unpaired) electrons. The number of aromatic carboxylic acids is 1. The molecule has 2 aromatic carbocycles. The van der Waals surface area contributed by atoms with E-state index in [-0.39, 0.29) is 17.4 Å². The van der Waals surface area contributed by atoms with Gasteiger partial charge >= 0.3 is 5.97 Å². The maximum atomic E-state index is 12.9. The molecule has 1 heterocycles. The van der Waals surface area contributed by atoms with E-state index in [0.29, 0.717) is 36.1 Å². The van der Waals surface area contributed by atoms with Gasteiger partial charge in [-0.2, -0.15) is 0 Å². The first-order chi connectivity index (χ1) is 12.5. The van der Waals surface area contributed by atoms with Crippen molar-refractivity contribution in [3.63, 3.8) is 0 Å². The molecule has 5 nitrogen and oxygen atoms in total. The highest BCUT2D eigenvalue weighted by Gasteiger charge is 2.16. The van der Waals surface area contributed by atoms with E-state index in [1.807, 2.05) is 6.07 Å². The topological polar surface area (TPSA) is 79.5 Å². The summed E-state index contributed by atoms with van der Waals surface area (Å²) >= 11 is 0. The van der Waals surface area contributed by atoms with Crippen LogP contribution in [-0.4, -0.2) is 23.4 Å². The van der Waals surface area contributed by atoms with Gasteiger partial charge in [0.25, 0.3) is 0 Å². The maximum absolute atomic E-state index is 12.9. The van der Waals surface area contributed by atoms with Crippen LogP contribution in [0.5, 0.6) is 0 Å². The molecule has 0 fully saturated rings. The zero-order chi connectivity index (χ0) is 18.7. The van der Waals surface area contributed by atoms with Crippen LogP contribution in [0.25, 0.3) is 11.0 Å². The Balaban J connectivity index is 1.58. The first kappa shape index (κ1) is 17.7. The second kappa shape index (κ2) is 7.39. The van der Waals surface area contributed by atoms with Gasteiger partial charge < -0.3 is 14.8 Å². The first-order valence-electron chi connectivity index (χ1n) is 8.25. The van der Waals surface area contributed by atoms with Gasteiger partial charge in [-0.3, -0.25) is 4.79 Å². The Bertz CT molecular complexity index is 960. The zero-order valence-electron chi connectivity index (χ0n) is 14.2. The van der Waals surface area contributed by atoms with Crippen LogP contribution < -0.4 is 5.32 Å². The van der Waals surface area contributed by atoms with Crippen LogP contribution in [0.15, 0.2) is 46.9 Å². The highest BCUT2D eigenvalue weighted by Crippen LogP contribution is 2.28. The maximum Gasteiger partial charge on any atom is 0.372 e. The number of halogens is 1. The molecule has 3 aromatic rings. The van der Waals surface area contributed by atoms with Crippen LogP contribution in [0.3, 0.4) is 0 Å². The molecule has 0 amide bonds. The summed E-state index contributed by atoms with van der Waals surface area (Å²) in [5.41, 5.74) is 2.44. The van der Waals surface area contributed by atoms with Crippen molar-refractivity contribution in [3.8, 4) is 0 Å². The molecule has 3 rings (SSSR count). The summed E-state index contributed by atoms with van der Waals surface area (Å²) in [5, 5.41) is 13.1. The highest BCUT2D eigenvalue weighted by atomic mass is 19.1. The van der Waals surface area contributed by atoms with E-state index < -0.39 is 5.97 Å². The number of hydrogen-bond donors (Lipinski definition) is 2. The average molecular weight is 355 g/mol. The largest absolute Gasteiger partial charge is 0.475 e. The predicted molar refractivity (Wildman–Crippen MR) is 96.4 cm³/mol. The number of furan rings is 1. The van der Waals surface area contributed by atoms with Crippen LogP contribution >= 0.6 is 0 Å². The summed E-state index contributed by atoms with van der Waals surface area (Å²) in [6, 6.07) is 10.9. The van der Waals surface area contributed by atoms with E-state index in [4.69, 9.17) is 9.52 Å². The van der Waals surface area contributed by atoms with Gasteiger partial charge in [0.15, 0.2) is 5.78 Å². The summed E-state index contributed by atoms with van der Waals surface area (Å²) in [5.74, 6) is -1.53. The number of rotatable bonds is 7. The van der Waals surface area contributed by atoms with Crippen LogP contribution in [0.4, 0.5) is 10.1 Å². The van der Waals surface area contributed by atoms with Gasteiger partial charge in [-0.05, 0) is 55.8 Å². The van der Waals surface area contributed by atoms with Gasteiger partial charge in [0.2, 0.25) is 5.76 Å². The summed E-state index contributed by atoms with van der Waals surface area (Å²) in [6.45, 7) is 2.29. The Hall–Kier alpha value is -3.15. The van der Waals surface area contributed by atoms with E-state index in [1.165, 1.54) is 24.3 Å². The normalized spacial score (nSPS) is 10.8. The molecule has 0 bridgehead atoms. The monoisotopic (exact) mass is 355 g/mol. The number of Topliss-reactive ketones (excluding diaryl/α,β-unsaturated/α-hetero) is 1. The van der Waals surface area contributed by atoms with Crippen LogP contribution in [0, 0.1) is 12.7 Å². The number of carboxylic acid groups (broad SMARTS) is 1. The Morgan fingerprint density at radius 2 is 1.88 bits per heavy atom. The van der Waals surface area contributed by atoms with Gasteiger partial charge in [-0.15, -0.1) is 0 Å². The minimum absolute atomic E-state index is 0.0287. The fraction of sp³-hybridized carbons (Fsp3) is 0.200. The Kier molecular flexibility index (Phi) is 5.02. The van der Waals surface area contributed by atoms with Gasteiger partial charge in [0.05, 0.1) is 0 Å². The van der Waals surface area contributed by atoms with Gasteiger partial charge in [-0.25, -0.2) is 9.18 Å². The quantitative estimate of drug-likeness (QED) is 0.476. The van der Waals surface area contributed by atoms with E-state index >= 15 is 0 Å². The Morgan fingerprint density at radius 3 is 2.58 bits per heavy atom. The molecule has 0 atom stereocenters. The van der Waals surface area contributed by atoms with Gasteiger partial charge in [0, 0.05) is 35.2 Å². The van der Waals surface area contributed by atoms with Crippen molar-refractivity contribution < 1.29 is 23.5 Å². The highest BCUT2D eigenvalue weighted by molar-refractivity contribution is 5.96. The minimum atomic E-state index is -1.09. The van der Waals surface area contributed by atoms with E-state index in [9.17, 15) is 14.0 Å². The van der Waals surface area contributed by atoms with Crippen molar-refractivity contribution >= 4 is 28.4 Å². The standard InChI is InChI=1S/C20H18FNO4/c1-12-16-11-15(8-9-18(16)26-19(12)20(24)25)22-10-2-3-17(23)13-4-6-14(21)7-5-13/h4-9,11,22H,2-3,10H2,1H3,(H,24,25). The number of ketones is 1. The minimum Gasteiger partial charge on any atom is -0.475 e. The molecule has 0 saturated carbocycles. The van der Waals surface area contributed by atoms with Gasteiger partial charge in [-0.1, -0.05) is 0 Å². The third-order valence-electron chi connectivity index (χ3n) is 4.21. The number of hydrogen-bond acceptors (Lipinski definition) is 4. The van der Waals surface area contributed by atoms with E-state index in [2.05, 4.69) is 5.32 Å². The molecular formula is C20H18FNO4. The fourth-order valence-electron chi connectivity index (χ4n) is 2.80. The molecule has 0 unspecified atom stereocenters. The number of anilines is 1. The van der Waals surface area contributed by atoms with Crippen molar-refractivity contribution in [2.75, 3.05) is 11.9 Å². The SMILES string of the molecule is Cc1c(C(=O)O)oc2ccc(NCCCC(=O)c3ccc(F)cc3)cc12.